The largest absolute Gasteiger partial charge is 0.419 e. The molecule has 0 aromatic heterocycles. The minimum Gasteiger partial charge on any atom is -0.337 e. The summed E-state index contributed by atoms with van der Waals surface area (Å²) in [5, 5.41) is 0. The summed E-state index contributed by atoms with van der Waals surface area (Å²) in [6.45, 7) is 10.1. The predicted octanol–water partition coefficient (Wildman–Crippen LogP) is 5.19. The highest BCUT2D eigenvalue weighted by Gasteiger charge is 2.41. The van der Waals surface area contributed by atoms with Gasteiger partial charge in [0.2, 0.25) is 0 Å². The minimum absolute atomic E-state index is 0.134. The highest BCUT2D eigenvalue weighted by Crippen LogP contribution is 2.41. The Hall–Kier alpha value is -2.29. The van der Waals surface area contributed by atoms with Crippen LogP contribution >= 0.6 is 0 Å². The number of aliphatic imine (C=N–C) groups is 1. The van der Waals surface area contributed by atoms with Gasteiger partial charge in [-0.25, -0.2) is 8.78 Å². The van der Waals surface area contributed by atoms with Crippen molar-refractivity contribution in [1.29, 1.82) is 0 Å². The molecule has 0 unspecified atom stereocenters. The fraction of sp³-hybridized carbons (Fsp3) is 0.600. The minimum atomic E-state index is -4.99. The lowest BCUT2D eigenvalue weighted by molar-refractivity contribution is -0.141. The number of hydrogen-bond acceptors (Lipinski definition) is 3. The number of amides is 1. The van der Waals surface area contributed by atoms with Gasteiger partial charge in [0.15, 0.2) is 11.6 Å². The number of halogens is 5. The van der Waals surface area contributed by atoms with Gasteiger partial charge in [-0.05, 0) is 53.4 Å². The normalized spacial score (nSPS) is 20.6. The van der Waals surface area contributed by atoms with Crippen molar-refractivity contribution < 1.29 is 26.7 Å². The van der Waals surface area contributed by atoms with Crippen LogP contribution in [0.25, 0.3) is 0 Å². The first-order valence-corrected chi connectivity index (χ1v) is 11.7. The van der Waals surface area contributed by atoms with Crippen molar-refractivity contribution in [2.24, 2.45) is 10.4 Å². The second-order valence-electron chi connectivity index (χ2n) is 10.7. The van der Waals surface area contributed by atoms with E-state index < -0.39 is 29.3 Å². The summed E-state index contributed by atoms with van der Waals surface area (Å²) < 4.78 is 67.9. The summed E-state index contributed by atoms with van der Waals surface area (Å²) in [4.78, 5) is 21.7. The standard InChI is InChI=1S/C25H30F5N3O/c1-24(2,3)14-32-9-6-16-12-31-22(18(16)13-32)23(34)33-10-7-15(8-11-33)17-4-5-19(26)21(27)20(17)25(28,29)30/h4-5,15H,6-14H2,1-3H3. The van der Waals surface area contributed by atoms with Gasteiger partial charge >= 0.3 is 6.18 Å². The number of benzene rings is 1. The second-order valence-corrected chi connectivity index (χ2v) is 10.7. The van der Waals surface area contributed by atoms with Crippen molar-refractivity contribution in [2.45, 2.75) is 52.1 Å². The summed E-state index contributed by atoms with van der Waals surface area (Å²) in [5.41, 5.74) is 1.01. The van der Waals surface area contributed by atoms with Gasteiger partial charge in [-0.15, -0.1) is 0 Å². The van der Waals surface area contributed by atoms with Crippen molar-refractivity contribution in [2.75, 3.05) is 39.3 Å². The predicted molar refractivity (Wildman–Crippen MR) is 120 cm³/mol. The lowest BCUT2D eigenvalue weighted by Gasteiger charge is -2.35. The van der Waals surface area contributed by atoms with E-state index in [-0.39, 0.29) is 42.8 Å². The SMILES string of the molecule is CC(C)(C)CN1CCC2=C(C1)C(C(=O)N1CCC(c3ccc(F)c(F)c3C(F)(F)F)CC1)=NC2. The maximum atomic E-state index is 14.0. The summed E-state index contributed by atoms with van der Waals surface area (Å²) in [7, 11) is 0. The average molecular weight is 484 g/mol. The van der Waals surface area contributed by atoms with Crippen LogP contribution in [0.4, 0.5) is 22.0 Å². The highest BCUT2D eigenvalue weighted by molar-refractivity contribution is 6.46. The molecule has 9 heteroatoms. The first-order chi connectivity index (χ1) is 15.8. The van der Waals surface area contributed by atoms with Crippen LogP contribution in [-0.4, -0.2) is 60.7 Å². The number of alkyl halides is 3. The van der Waals surface area contributed by atoms with Crippen molar-refractivity contribution >= 4 is 11.6 Å². The van der Waals surface area contributed by atoms with E-state index in [1.807, 2.05) is 0 Å². The van der Waals surface area contributed by atoms with Gasteiger partial charge in [0.1, 0.15) is 5.71 Å². The summed E-state index contributed by atoms with van der Waals surface area (Å²) in [5.74, 6) is -4.17. The molecule has 3 aliphatic rings. The number of nitrogens with zero attached hydrogens (tertiary/aromatic N) is 3. The molecule has 0 radical (unpaired) electrons. The van der Waals surface area contributed by atoms with E-state index in [0.717, 1.165) is 37.2 Å². The Balaban J connectivity index is 1.44. The molecule has 1 amide bonds. The van der Waals surface area contributed by atoms with Crippen LogP contribution in [0.2, 0.25) is 0 Å². The van der Waals surface area contributed by atoms with Crippen molar-refractivity contribution in [1.82, 2.24) is 9.80 Å². The van der Waals surface area contributed by atoms with Gasteiger partial charge in [-0.2, -0.15) is 13.2 Å². The van der Waals surface area contributed by atoms with E-state index in [1.54, 1.807) is 4.90 Å². The molecule has 1 saturated heterocycles. The molecular formula is C25H30F5N3O. The lowest BCUT2D eigenvalue weighted by Crippen LogP contribution is -2.44. The zero-order chi connectivity index (χ0) is 24.8. The number of piperidine rings is 1. The Morgan fingerprint density at radius 3 is 2.38 bits per heavy atom. The number of carbonyl (C=O) groups excluding carboxylic acids is 1. The van der Waals surface area contributed by atoms with E-state index in [1.165, 1.54) is 5.57 Å². The maximum Gasteiger partial charge on any atom is 0.419 e. The van der Waals surface area contributed by atoms with Crippen LogP contribution in [0.15, 0.2) is 28.3 Å². The van der Waals surface area contributed by atoms with Crippen LogP contribution in [0, 0.1) is 17.0 Å². The zero-order valence-electron chi connectivity index (χ0n) is 19.7. The molecule has 0 saturated carbocycles. The van der Waals surface area contributed by atoms with Gasteiger partial charge in [-0.1, -0.05) is 26.8 Å². The summed E-state index contributed by atoms with van der Waals surface area (Å²) in [6.07, 6.45) is -3.62. The van der Waals surface area contributed by atoms with Crippen LogP contribution in [0.5, 0.6) is 0 Å². The third kappa shape index (κ3) is 5.04. The fourth-order valence-electron chi connectivity index (χ4n) is 5.28. The van der Waals surface area contributed by atoms with E-state index >= 15 is 0 Å². The number of hydrogen-bond donors (Lipinski definition) is 0. The van der Waals surface area contributed by atoms with E-state index in [9.17, 15) is 26.7 Å². The van der Waals surface area contributed by atoms with Gasteiger partial charge in [0.05, 0.1) is 12.1 Å². The van der Waals surface area contributed by atoms with Crippen LogP contribution < -0.4 is 0 Å². The molecule has 0 spiro atoms. The molecule has 1 aromatic carbocycles. The van der Waals surface area contributed by atoms with Gasteiger partial charge in [0.25, 0.3) is 5.91 Å². The number of likely N-dealkylation sites (tertiary alicyclic amines) is 1. The quantitative estimate of drug-likeness (QED) is 0.555. The maximum absolute atomic E-state index is 14.0. The third-order valence-corrected chi connectivity index (χ3v) is 6.79. The van der Waals surface area contributed by atoms with Crippen molar-refractivity contribution in [3.8, 4) is 0 Å². The smallest absolute Gasteiger partial charge is 0.337 e. The van der Waals surface area contributed by atoms with Crippen LogP contribution in [0.3, 0.4) is 0 Å². The van der Waals surface area contributed by atoms with Crippen molar-refractivity contribution in [3.05, 3.63) is 46.0 Å². The van der Waals surface area contributed by atoms with E-state index in [2.05, 4.69) is 30.7 Å². The Morgan fingerprint density at radius 2 is 1.76 bits per heavy atom. The number of rotatable bonds is 3. The molecule has 0 aliphatic carbocycles. The van der Waals surface area contributed by atoms with Crippen molar-refractivity contribution in [3.63, 3.8) is 0 Å². The zero-order valence-corrected chi connectivity index (χ0v) is 19.7. The Labute approximate surface area is 196 Å². The molecule has 186 valence electrons. The molecule has 1 fully saturated rings. The van der Waals surface area contributed by atoms with E-state index in [0.29, 0.717) is 18.8 Å². The molecule has 34 heavy (non-hydrogen) atoms. The Morgan fingerprint density at radius 1 is 1.09 bits per heavy atom. The second kappa shape index (κ2) is 9.06. The fourth-order valence-corrected chi connectivity index (χ4v) is 5.28. The molecule has 1 aromatic rings. The molecule has 0 atom stereocenters. The molecule has 4 rings (SSSR count). The monoisotopic (exact) mass is 483 g/mol. The van der Waals surface area contributed by atoms with Gasteiger partial charge < -0.3 is 4.90 Å². The Kier molecular flexibility index (Phi) is 6.61. The first kappa shape index (κ1) is 24.8. The molecular weight excluding hydrogens is 453 g/mol. The average Bonchev–Trinajstić information content (AvgIpc) is 3.16. The molecule has 0 N–H and O–H groups in total. The van der Waals surface area contributed by atoms with Crippen LogP contribution in [0.1, 0.15) is 57.1 Å². The first-order valence-electron chi connectivity index (χ1n) is 11.7. The van der Waals surface area contributed by atoms with Gasteiger partial charge in [0, 0.05) is 32.7 Å². The molecule has 4 nitrogen and oxygen atoms in total. The highest BCUT2D eigenvalue weighted by atomic mass is 19.4. The Bertz CT molecular complexity index is 1030. The topological polar surface area (TPSA) is 35.9 Å². The molecule has 3 heterocycles. The molecule has 3 aliphatic heterocycles. The summed E-state index contributed by atoms with van der Waals surface area (Å²) >= 11 is 0. The van der Waals surface area contributed by atoms with E-state index in [4.69, 9.17) is 0 Å². The van der Waals surface area contributed by atoms with Crippen LogP contribution in [-0.2, 0) is 11.0 Å². The lowest BCUT2D eigenvalue weighted by atomic mass is 9.85. The molecule has 0 bridgehead atoms. The third-order valence-electron chi connectivity index (χ3n) is 6.79. The van der Waals surface area contributed by atoms with Gasteiger partial charge in [-0.3, -0.25) is 14.7 Å². The number of carbonyl (C=O) groups is 1. The summed E-state index contributed by atoms with van der Waals surface area (Å²) in [6, 6.07) is 1.76.